The standard InChI is InChI=1S/C14H30N4O2/c1-12(11-20-3)18(9-10-19-2)14(17-15)16-13-7-5-4-6-8-13/h12-13H,4-11,15H2,1-3H3,(H,16,17). The van der Waals surface area contributed by atoms with Crippen LogP contribution in [0.2, 0.25) is 0 Å². The van der Waals surface area contributed by atoms with E-state index in [1.807, 2.05) is 0 Å². The molecule has 1 atom stereocenters. The Hall–Kier alpha value is -0.850. The van der Waals surface area contributed by atoms with Crippen molar-refractivity contribution in [2.75, 3.05) is 34.0 Å². The number of aliphatic imine (C=N–C) groups is 1. The summed E-state index contributed by atoms with van der Waals surface area (Å²) >= 11 is 0. The van der Waals surface area contributed by atoms with Crippen LogP contribution in [-0.2, 0) is 9.47 Å². The van der Waals surface area contributed by atoms with Crippen molar-refractivity contribution in [3.05, 3.63) is 0 Å². The van der Waals surface area contributed by atoms with Crippen LogP contribution in [0.4, 0.5) is 0 Å². The Balaban J connectivity index is 2.73. The van der Waals surface area contributed by atoms with Crippen molar-refractivity contribution < 1.29 is 9.47 Å². The second-order valence-electron chi connectivity index (χ2n) is 5.38. The summed E-state index contributed by atoms with van der Waals surface area (Å²) in [6, 6.07) is 0.586. The average Bonchev–Trinajstić information content (AvgIpc) is 2.47. The molecule has 0 heterocycles. The molecule has 0 radical (unpaired) electrons. The molecule has 0 aromatic carbocycles. The summed E-state index contributed by atoms with van der Waals surface area (Å²) in [5.74, 6) is 6.44. The van der Waals surface area contributed by atoms with Crippen LogP contribution in [0.3, 0.4) is 0 Å². The molecule has 0 saturated heterocycles. The first-order valence-electron chi connectivity index (χ1n) is 7.51. The van der Waals surface area contributed by atoms with Crippen molar-refractivity contribution in [3.63, 3.8) is 0 Å². The van der Waals surface area contributed by atoms with Gasteiger partial charge in [0, 0.05) is 20.8 Å². The van der Waals surface area contributed by atoms with Gasteiger partial charge in [-0.25, -0.2) is 10.8 Å². The van der Waals surface area contributed by atoms with Crippen molar-refractivity contribution in [1.82, 2.24) is 10.3 Å². The van der Waals surface area contributed by atoms with Crippen LogP contribution in [-0.4, -0.2) is 56.9 Å². The van der Waals surface area contributed by atoms with E-state index in [1.54, 1.807) is 14.2 Å². The third-order valence-corrected chi connectivity index (χ3v) is 3.76. The van der Waals surface area contributed by atoms with Crippen molar-refractivity contribution in [2.45, 2.75) is 51.1 Å². The molecule has 6 heteroatoms. The van der Waals surface area contributed by atoms with Crippen molar-refractivity contribution >= 4 is 5.96 Å². The minimum atomic E-state index is 0.202. The molecule has 0 aliphatic heterocycles. The Kier molecular flexibility index (Phi) is 8.57. The van der Waals surface area contributed by atoms with Gasteiger partial charge in [-0.3, -0.25) is 5.43 Å². The number of hydrazine groups is 1. The van der Waals surface area contributed by atoms with Gasteiger partial charge >= 0.3 is 0 Å². The lowest BCUT2D eigenvalue weighted by molar-refractivity contribution is 0.111. The molecular formula is C14H30N4O2. The maximum absolute atomic E-state index is 5.69. The quantitative estimate of drug-likeness (QED) is 0.318. The molecule has 6 nitrogen and oxygen atoms in total. The van der Waals surface area contributed by atoms with Gasteiger partial charge in [-0.1, -0.05) is 19.3 Å². The zero-order valence-corrected chi connectivity index (χ0v) is 13.1. The van der Waals surface area contributed by atoms with Crippen LogP contribution in [0.1, 0.15) is 39.0 Å². The molecule has 1 saturated carbocycles. The summed E-state index contributed by atoms with van der Waals surface area (Å²) in [6.45, 7) is 4.12. The van der Waals surface area contributed by atoms with E-state index >= 15 is 0 Å². The number of hydrogen-bond acceptors (Lipinski definition) is 4. The molecule has 0 amide bonds. The second kappa shape index (κ2) is 9.96. The lowest BCUT2D eigenvalue weighted by Crippen LogP contribution is -2.51. The van der Waals surface area contributed by atoms with Gasteiger partial charge in [0.1, 0.15) is 0 Å². The maximum atomic E-state index is 5.69. The van der Waals surface area contributed by atoms with Gasteiger partial charge < -0.3 is 14.4 Å². The Morgan fingerprint density at radius 1 is 1.30 bits per heavy atom. The van der Waals surface area contributed by atoms with E-state index in [2.05, 4.69) is 17.2 Å². The first-order valence-corrected chi connectivity index (χ1v) is 7.51. The van der Waals surface area contributed by atoms with Crippen molar-refractivity contribution in [2.24, 2.45) is 10.8 Å². The first-order chi connectivity index (χ1) is 9.72. The van der Waals surface area contributed by atoms with E-state index in [-0.39, 0.29) is 6.04 Å². The smallest absolute Gasteiger partial charge is 0.209 e. The number of methoxy groups -OCH3 is 2. The van der Waals surface area contributed by atoms with Gasteiger partial charge in [-0.05, 0) is 19.8 Å². The molecule has 1 aliphatic rings. The Morgan fingerprint density at radius 3 is 2.55 bits per heavy atom. The van der Waals surface area contributed by atoms with Crippen LogP contribution in [0.15, 0.2) is 4.99 Å². The maximum Gasteiger partial charge on any atom is 0.209 e. The zero-order chi connectivity index (χ0) is 14.8. The van der Waals surface area contributed by atoms with Crippen LogP contribution >= 0.6 is 0 Å². The van der Waals surface area contributed by atoms with Crippen molar-refractivity contribution in [1.29, 1.82) is 0 Å². The fourth-order valence-electron chi connectivity index (χ4n) is 2.63. The van der Waals surface area contributed by atoms with Crippen LogP contribution in [0.5, 0.6) is 0 Å². The van der Waals surface area contributed by atoms with E-state index in [1.165, 1.54) is 19.3 Å². The molecule has 1 unspecified atom stereocenters. The number of guanidine groups is 1. The number of hydrogen-bond donors (Lipinski definition) is 2. The highest BCUT2D eigenvalue weighted by atomic mass is 16.5. The third kappa shape index (κ3) is 5.64. The predicted octanol–water partition coefficient (Wildman–Crippen LogP) is 1.12. The fourth-order valence-corrected chi connectivity index (χ4v) is 2.63. The number of nitrogens with zero attached hydrogens (tertiary/aromatic N) is 2. The molecule has 1 aliphatic carbocycles. The predicted molar refractivity (Wildman–Crippen MR) is 81.6 cm³/mol. The molecule has 0 bridgehead atoms. The van der Waals surface area contributed by atoms with Gasteiger partial charge in [-0.2, -0.15) is 0 Å². The molecule has 1 rings (SSSR count). The molecule has 20 heavy (non-hydrogen) atoms. The van der Waals surface area contributed by atoms with Crippen LogP contribution in [0, 0.1) is 0 Å². The van der Waals surface area contributed by atoms with E-state index in [0.29, 0.717) is 19.3 Å². The number of ether oxygens (including phenoxy) is 2. The Labute approximate surface area is 122 Å². The molecule has 0 spiro atoms. The number of nitrogens with two attached hydrogens (primary N) is 1. The van der Waals surface area contributed by atoms with Gasteiger partial charge in [0.25, 0.3) is 0 Å². The van der Waals surface area contributed by atoms with E-state index in [0.717, 1.165) is 25.3 Å². The fraction of sp³-hybridized carbons (Fsp3) is 0.929. The van der Waals surface area contributed by atoms with E-state index in [9.17, 15) is 0 Å². The highest BCUT2D eigenvalue weighted by molar-refractivity contribution is 5.80. The zero-order valence-electron chi connectivity index (χ0n) is 13.1. The molecule has 3 N–H and O–H groups in total. The number of nitrogens with one attached hydrogen (secondary N) is 1. The third-order valence-electron chi connectivity index (χ3n) is 3.76. The summed E-state index contributed by atoms with van der Waals surface area (Å²) in [4.78, 5) is 6.93. The highest BCUT2D eigenvalue weighted by Crippen LogP contribution is 2.20. The molecule has 0 aromatic heterocycles. The van der Waals surface area contributed by atoms with Gasteiger partial charge in [-0.15, -0.1) is 0 Å². The summed E-state index contributed by atoms with van der Waals surface area (Å²) < 4.78 is 10.4. The molecule has 0 aromatic rings. The summed E-state index contributed by atoms with van der Waals surface area (Å²) in [5.41, 5.74) is 2.76. The van der Waals surface area contributed by atoms with Gasteiger partial charge in [0.2, 0.25) is 5.96 Å². The monoisotopic (exact) mass is 286 g/mol. The SMILES string of the molecule is COCCN(C(=NC1CCCCC1)NN)C(C)COC. The molecule has 1 fully saturated rings. The van der Waals surface area contributed by atoms with Crippen LogP contribution < -0.4 is 11.3 Å². The topological polar surface area (TPSA) is 72.1 Å². The normalized spacial score (nSPS) is 18.9. The van der Waals surface area contributed by atoms with Gasteiger partial charge in [0.05, 0.1) is 25.3 Å². The van der Waals surface area contributed by atoms with Crippen LogP contribution in [0.25, 0.3) is 0 Å². The summed E-state index contributed by atoms with van der Waals surface area (Å²) in [6.07, 6.45) is 6.16. The van der Waals surface area contributed by atoms with E-state index in [4.69, 9.17) is 20.3 Å². The Bertz CT molecular complexity index is 280. The molecule has 118 valence electrons. The lowest BCUT2D eigenvalue weighted by atomic mass is 9.96. The average molecular weight is 286 g/mol. The second-order valence-corrected chi connectivity index (χ2v) is 5.38. The van der Waals surface area contributed by atoms with Crippen molar-refractivity contribution in [3.8, 4) is 0 Å². The van der Waals surface area contributed by atoms with Gasteiger partial charge in [0.15, 0.2) is 0 Å². The highest BCUT2D eigenvalue weighted by Gasteiger charge is 2.20. The van der Waals surface area contributed by atoms with E-state index < -0.39 is 0 Å². The lowest BCUT2D eigenvalue weighted by Gasteiger charge is -2.32. The minimum absolute atomic E-state index is 0.202. The number of rotatable bonds is 7. The summed E-state index contributed by atoms with van der Waals surface area (Å²) in [5, 5.41) is 0. The largest absolute Gasteiger partial charge is 0.383 e. The Morgan fingerprint density at radius 2 is 2.00 bits per heavy atom. The summed E-state index contributed by atoms with van der Waals surface area (Å²) in [7, 11) is 3.41. The first kappa shape index (κ1) is 17.2. The molecular weight excluding hydrogens is 256 g/mol. The minimum Gasteiger partial charge on any atom is -0.383 e.